The number of piperazine rings is 1. The number of halogens is 1. The van der Waals surface area contributed by atoms with Crippen molar-refractivity contribution in [2.75, 3.05) is 50.8 Å². The summed E-state index contributed by atoms with van der Waals surface area (Å²) >= 11 is 6.29. The molecule has 5 rings (SSSR count). The molecule has 2 saturated heterocycles. The number of aromatic nitrogens is 2. The van der Waals surface area contributed by atoms with E-state index in [0.29, 0.717) is 49.9 Å². The summed E-state index contributed by atoms with van der Waals surface area (Å²) in [4.78, 5) is 32.2. The van der Waals surface area contributed by atoms with Crippen molar-refractivity contribution < 1.29 is 14.3 Å². The second-order valence-corrected chi connectivity index (χ2v) is 10.2. The number of anilines is 1. The highest BCUT2D eigenvalue weighted by atomic mass is 35.5. The summed E-state index contributed by atoms with van der Waals surface area (Å²) in [6, 6.07) is 18.9. The molecule has 38 heavy (non-hydrogen) atoms. The highest BCUT2D eigenvalue weighted by Crippen LogP contribution is 2.26. The number of nitrogens with zero attached hydrogens (tertiary/aromatic N) is 5. The number of aryl methyl sites for hydroxylation is 1. The minimum absolute atomic E-state index is 0.0265. The molecule has 8 nitrogen and oxygen atoms in total. The van der Waals surface area contributed by atoms with Gasteiger partial charge in [-0.15, -0.1) is 10.2 Å². The van der Waals surface area contributed by atoms with Crippen LogP contribution in [0.25, 0.3) is 11.3 Å². The highest BCUT2D eigenvalue weighted by Gasteiger charge is 2.28. The van der Waals surface area contributed by atoms with E-state index in [-0.39, 0.29) is 24.5 Å². The molecule has 0 spiro atoms. The van der Waals surface area contributed by atoms with Crippen molar-refractivity contribution in [3.8, 4) is 11.3 Å². The Bertz CT molecular complexity index is 1250. The molecule has 1 unspecified atom stereocenters. The van der Waals surface area contributed by atoms with Crippen molar-refractivity contribution in [2.45, 2.75) is 25.9 Å². The lowest BCUT2D eigenvalue weighted by Gasteiger charge is -2.36. The lowest BCUT2D eigenvalue weighted by Crippen LogP contribution is -2.52. The average molecular weight is 534 g/mol. The van der Waals surface area contributed by atoms with Gasteiger partial charge in [0.2, 0.25) is 5.91 Å². The van der Waals surface area contributed by atoms with E-state index in [4.69, 9.17) is 16.3 Å². The zero-order valence-electron chi connectivity index (χ0n) is 21.6. The number of carbonyl (C=O) groups excluding carboxylic acids is 2. The zero-order valence-corrected chi connectivity index (χ0v) is 22.3. The van der Waals surface area contributed by atoms with Crippen molar-refractivity contribution in [3.05, 3.63) is 76.8 Å². The lowest BCUT2D eigenvalue weighted by molar-refractivity contribution is -0.132. The molecule has 0 saturated carbocycles. The fourth-order valence-electron chi connectivity index (χ4n) is 4.89. The number of amides is 2. The molecule has 0 aliphatic carbocycles. The first-order chi connectivity index (χ1) is 18.5. The Kier molecular flexibility index (Phi) is 8.20. The molecule has 2 aliphatic rings. The van der Waals surface area contributed by atoms with Gasteiger partial charge < -0.3 is 19.4 Å². The fourth-order valence-corrected chi connectivity index (χ4v) is 5.12. The Morgan fingerprint density at radius 1 is 1.00 bits per heavy atom. The minimum Gasteiger partial charge on any atom is -0.376 e. The summed E-state index contributed by atoms with van der Waals surface area (Å²) in [6.07, 6.45) is 1.86. The molecule has 3 aromatic rings. The van der Waals surface area contributed by atoms with Gasteiger partial charge in [0.25, 0.3) is 5.91 Å². The molecule has 0 N–H and O–H groups in total. The van der Waals surface area contributed by atoms with Crippen molar-refractivity contribution >= 4 is 29.2 Å². The van der Waals surface area contributed by atoms with E-state index in [1.807, 2.05) is 72.5 Å². The maximum atomic E-state index is 13.3. The monoisotopic (exact) mass is 533 g/mol. The van der Waals surface area contributed by atoms with Crippen molar-refractivity contribution in [1.82, 2.24) is 20.0 Å². The van der Waals surface area contributed by atoms with Gasteiger partial charge in [-0.25, -0.2) is 0 Å². The Morgan fingerprint density at radius 2 is 1.76 bits per heavy atom. The van der Waals surface area contributed by atoms with Crippen LogP contribution in [0.3, 0.4) is 0 Å². The molecule has 2 aliphatic heterocycles. The van der Waals surface area contributed by atoms with Gasteiger partial charge in [-0.3, -0.25) is 9.59 Å². The SMILES string of the molecule is Cc1ccc(C(=O)N(CC(=O)N2CCN(c3ccc(-c4ccccc4Cl)nn3)CC2)CC2CCCO2)cc1. The van der Waals surface area contributed by atoms with Gasteiger partial charge in [0.05, 0.1) is 16.8 Å². The third kappa shape index (κ3) is 6.14. The number of benzene rings is 2. The van der Waals surface area contributed by atoms with Crippen LogP contribution in [0, 0.1) is 6.92 Å². The average Bonchev–Trinajstić information content (AvgIpc) is 3.46. The normalized spacial score (nSPS) is 17.5. The quantitative estimate of drug-likeness (QED) is 0.455. The van der Waals surface area contributed by atoms with E-state index >= 15 is 0 Å². The smallest absolute Gasteiger partial charge is 0.254 e. The van der Waals surface area contributed by atoms with E-state index < -0.39 is 0 Å². The van der Waals surface area contributed by atoms with Gasteiger partial charge >= 0.3 is 0 Å². The van der Waals surface area contributed by atoms with Crippen molar-refractivity contribution in [1.29, 1.82) is 0 Å². The summed E-state index contributed by atoms with van der Waals surface area (Å²) in [5.74, 6) is 0.576. The van der Waals surface area contributed by atoms with Crippen LogP contribution in [0.2, 0.25) is 5.02 Å². The fraction of sp³-hybridized carbons (Fsp3) is 0.379. The van der Waals surface area contributed by atoms with Crippen molar-refractivity contribution in [3.63, 3.8) is 0 Å². The van der Waals surface area contributed by atoms with E-state index in [1.54, 1.807) is 4.90 Å². The molecule has 0 bridgehead atoms. The molecule has 1 aromatic heterocycles. The van der Waals surface area contributed by atoms with E-state index in [2.05, 4.69) is 15.1 Å². The largest absolute Gasteiger partial charge is 0.376 e. The van der Waals surface area contributed by atoms with Crippen molar-refractivity contribution in [2.24, 2.45) is 0 Å². The standard InChI is InChI=1S/C29H32ClN5O3/c1-21-8-10-22(11-9-21)29(37)35(19-23-5-4-18-38-23)20-28(36)34-16-14-33(15-17-34)27-13-12-26(31-32-27)24-6-2-3-7-25(24)30/h2-3,6-13,23H,4-5,14-20H2,1H3. The summed E-state index contributed by atoms with van der Waals surface area (Å²) < 4.78 is 5.78. The Hall–Kier alpha value is -3.49. The van der Waals surface area contributed by atoms with Gasteiger partial charge in [-0.05, 0) is 50.1 Å². The number of rotatable bonds is 7. The minimum atomic E-state index is -0.138. The maximum Gasteiger partial charge on any atom is 0.254 e. The van der Waals surface area contributed by atoms with Crippen LogP contribution in [-0.2, 0) is 9.53 Å². The summed E-state index contributed by atoms with van der Waals surface area (Å²) in [7, 11) is 0. The molecule has 9 heteroatoms. The lowest BCUT2D eigenvalue weighted by atomic mass is 10.1. The first-order valence-corrected chi connectivity index (χ1v) is 13.4. The third-order valence-corrected chi connectivity index (χ3v) is 7.45. The first-order valence-electron chi connectivity index (χ1n) is 13.1. The molecule has 1 atom stereocenters. The summed E-state index contributed by atoms with van der Waals surface area (Å²) in [6.45, 7) is 5.55. The van der Waals surface area contributed by atoms with Crippen LogP contribution in [0.15, 0.2) is 60.7 Å². The molecular weight excluding hydrogens is 502 g/mol. The topological polar surface area (TPSA) is 78.9 Å². The second kappa shape index (κ2) is 11.9. The Labute approximate surface area is 228 Å². The Morgan fingerprint density at radius 3 is 2.42 bits per heavy atom. The number of carbonyl (C=O) groups is 2. The number of hydrogen-bond acceptors (Lipinski definition) is 6. The van der Waals surface area contributed by atoms with Gasteiger partial charge in [0.1, 0.15) is 6.54 Å². The predicted octanol–water partition coefficient (Wildman–Crippen LogP) is 4.08. The van der Waals surface area contributed by atoms with Crippen LogP contribution >= 0.6 is 11.6 Å². The van der Waals surface area contributed by atoms with Gasteiger partial charge in [-0.2, -0.15) is 0 Å². The number of hydrogen-bond donors (Lipinski definition) is 0. The third-order valence-electron chi connectivity index (χ3n) is 7.12. The van der Waals surface area contributed by atoms with Crippen LogP contribution in [0.4, 0.5) is 5.82 Å². The first kappa shape index (κ1) is 26.1. The summed E-state index contributed by atoms with van der Waals surface area (Å²) in [5.41, 5.74) is 3.24. The summed E-state index contributed by atoms with van der Waals surface area (Å²) in [5, 5.41) is 9.41. The molecule has 2 amide bonds. The van der Waals surface area contributed by atoms with Crippen LogP contribution in [0.1, 0.15) is 28.8 Å². The molecule has 0 radical (unpaired) electrons. The zero-order chi connectivity index (χ0) is 26.5. The second-order valence-electron chi connectivity index (χ2n) is 9.81. The molecule has 2 aromatic carbocycles. The molecule has 3 heterocycles. The van der Waals surface area contributed by atoms with E-state index in [9.17, 15) is 9.59 Å². The van der Waals surface area contributed by atoms with Crippen LogP contribution in [0.5, 0.6) is 0 Å². The molecular formula is C29H32ClN5O3. The van der Waals surface area contributed by atoms with E-state index in [1.165, 1.54) is 0 Å². The van der Waals surface area contributed by atoms with Gasteiger partial charge in [-0.1, -0.05) is 47.5 Å². The predicted molar refractivity (Wildman–Crippen MR) is 147 cm³/mol. The molecule has 198 valence electrons. The van der Waals surface area contributed by atoms with Crippen LogP contribution in [-0.4, -0.2) is 83.8 Å². The van der Waals surface area contributed by atoms with Crippen LogP contribution < -0.4 is 4.90 Å². The molecule has 2 fully saturated rings. The van der Waals surface area contributed by atoms with E-state index in [0.717, 1.165) is 35.5 Å². The Balaban J connectivity index is 1.20. The maximum absolute atomic E-state index is 13.3. The number of ether oxygens (including phenoxy) is 1. The highest BCUT2D eigenvalue weighted by molar-refractivity contribution is 6.33. The van der Waals surface area contributed by atoms with Gasteiger partial charge in [0, 0.05) is 50.5 Å². The van der Waals surface area contributed by atoms with Gasteiger partial charge in [0.15, 0.2) is 5.82 Å².